The van der Waals surface area contributed by atoms with Gasteiger partial charge in [0.25, 0.3) is 0 Å². The monoisotopic (exact) mass is 299 g/mol. The highest BCUT2D eigenvalue weighted by Gasteiger charge is 2.16. The van der Waals surface area contributed by atoms with E-state index >= 15 is 0 Å². The van der Waals surface area contributed by atoms with Gasteiger partial charge in [0.2, 0.25) is 5.91 Å². The molecule has 2 nitrogen and oxygen atoms in total. The summed E-state index contributed by atoms with van der Waals surface area (Å²) in [6.45, 7) is 4.26. The molecule has 1 heterocycles. The largest absolute Gasteiger partial charge is 0.343 e. The molecule has 0 unspecified atom stereocenters. The van der Waals surface area contributed by atoms with Gasteiger partial charge in [0.05, 0.1) is 0 Å². The number of thioether (sulfide) groups is 1. The van der Waals surface area contributed by atoms with Crippen LogP contribution in [0.4, 0.5) is 0 Å². The minimum Gasteiger partial charge on any atom is -0.343 e. The molecule has 118 valence electrons. The van der Waals surface area contributed by atoms with Crippen molar-refractivity contribution in [3.63, 3.8) is 0 Å². The number of carbonyl (C=O) groups excluding carboxylic acids is 1. The minimum absolute atomic E-state index is 0.383. The molecule has 1 aliphatic rings. The molecule has 0 bridgehead atoms. The van der Waals surface area contributed by atoms with E-state index in [-0.39, 0.29) is 0 Å². The lowest BCUT2D eigenvalue weighted by Crippen LogP contribution is -2.36. The summed E-state index contributed by atoms with van der Waals surface area (Å²) in [7, 11) is 0. The Balaban J connectivity index is 1.79. The summed E-state index contributed by atoms with van der Waals surface area (Å²) in [5.41, 5.74) is 0. The van der Waals surface area contributed by atoms with Crippen LogP contribution in [0.2, 0.25) is 0 Å². The van der Waals surface area contributed by atoms with E-state index in [0.29, 0.717) is 5.91 Å². The van der Waals surface area contributed by atoms with E-state index in [1.54, 1.807) is 0 Å². The van der Waals surface area contributed by atoms with Crippen molar-refractivity contribution in [1.82, 2.24) is 4.90 Å². The van der Waals surface area contributed by atoms with Crippen molar-refractivity contribution in [2.75, 3.05) is 24.6 Å². The third kappa shape index (κ3) is 8.89. The SMILES string of the molecule is CCCCCCCCCSCCCN1CCCCC1=O. The molecule has 1 saturated heterocycles. The normalized spacial score (nSPS) is 15.8. The van der Waals surface area contributed by atoms with E-state index in [1.807, 2.05) is 0 Å². The zero-order chi connectivity index (χ0) is 14.5. The number of piperidine rings is 1. The van der Waals surface area contributed by atoms with Gasteiger partial charge in [-0.15, -0.1) is 0 Å². The lowest BCUT2D eigenvalue weighted by Gasteiger charge is -2.26. The van der Waals surface area contributed by atoms with Crippen molar-refractivity contribution in [2.45, 2.75) is 77.6 Å². The molecule has 3 heteroatoms. The van der Waals surface area contributed by atoms with Gasteiger partial charge < -0.3 is 4.90 Å². The zero-order valence-corrected chi connectivity index (χ0v) is 14.2. The van der Waals surface area contributed by atoms with Gasteiger partial charge in [0.15, 0.2) is 0 Å². The van der Waals surface area contributed by atoms with Crippen LogP contribution < -0.4 is 0 Å². The molecule has 20 heavy (non-hydrogen) atoms. The maximum atomic E-state index is 11.6. The molecule has 0 saturated carbocycles. The minimum atomic E-state index is 0.383. The lowest BCUT2D eigenvalue weighted by molar-refractivity contribution is -0.133. The van der Waals surface area contributed by atoms with Gasteiger partial charge in [-0.2, -0.15) is 11.8 Å². The van der Waals surface area contributed by atoms with Crippen LogP contribution in [-0.4, -0.2) is 35.4 Å². The van der Waals surface area contributed by atoms with E-state index in [4.69, 9.17) is 0 Å². The Hall–Kier alpha value is -0.180. The van der Waals surface area contributed by atoms with Crippen molar-refractivity contribution in [2.24, 2.45) is 0 Å². The molecule has 0 aromatic carbocycles. The fraction of sp³-hybridized carbons (Fsp3) is 0.941. The summed E-state index contributed by atoms with van der Waals surface area (Å²) in [5, 5.41) is 0. The molecule has 0 radical (unpaired) electrons. The fourth-order valence-electron chi connectivity index (χ4n) is 2.72. The zero-order valence-electron chi connectivity index (χ0n) is 13.4. The highest BCUT2D eigenvalue weighted by atomic mass is 32.2. The highest BCUT2D eigenvalue weighted by Crippen LogP contribution is 2.14. The number of likely N-dealkylation sites (tertiary alicyclic amines) is 1. The predicted octanol–water partition coefficient (Wildman–Crippen LogP) is 4.87. The average Bonchev–Trinajstić information content (AvgIpc) is 2.46. The van der Waals surface area contributed by atoms with E-state index in [0.717, 1.165) is 25.9 Å². The van der Waals surface area contributed by atoms with Gasteiger partial charge >= 0.3 is 0 Å². The second-order valence-electron chi connectivity index (χ2n) is 5.93. The van der Waals surface area contributed by atoms with Crippen LogP contribution >= 0.6 is 11.8 Å². The molecule has 1 rings (SSSR count). The quantitative estimate of drug-likeness (QED) is 0.479. The first-order valence-electron chi connectivity index (χ1n) is 8.70. The Bertz CT molecular complexity index is 245. The van der Waals surface area contributed by atoms with E-state index in [2.05, 4.69) is 23.6 Å². The third-order valence-corrected chi connectivity index (χ3v) is 5.19. The molecule has 0 aromatic rings. The topological polar surface area (TPSA) is 20.3 Å². The van der Waals surface area contributed by atoms with Gasteiger partial charge in [-0.1, -0.05) is 45.4 Å². The summed E-state index contributed by atoms with van der Waals surface area (Å²) in [6.07, 6.45) is 14.1. The van der Waals surface area contributed by atoms with Crippen molar-refractivity contribution in [3.05, 3.63) is 0 Å². The average molecular weight is 300 g/mol. The van der Waals surface area contributed by atoms with Crippen LogP contribution in [0.3, 0.4) is 0 Å². The number of unbranched alkanes of at least 4 members (excludes halogenated alkanes) is 6. The van der Waals surface area contributed by atoms with Gasteiger partial charge in [0.1, 0.15) is 0 Å². The maximum Gasteiger partial charge on any atom is 0.222 e. The van der Waals surface area contributed by atoms with Crippen molar-refractivity contribution in [1.29, 1.82) is 0 Å². The van der Waals surface area contributed by atoms with Crippen LogP contribution in [0.25, 0.3) is 0 Å². The van der Waals surface area contributed by atoms with Crippen LogP contribution in [0, 0.1) is 0 Å². The standard InChI is InChI=1S/C17H33NOS/c1-2-3-4-5-6-7-10-15-20-16-11-14-18-13-9-8-12-17(18)19/h2-16H2,1H3. The predicted molar refractivity (Wildman–Crippen MR) is 90.4 cm³/mol. The third-order valence-electron chi connectivity index (χ3n) is 4.03. The van der Waals surface area contributed by atoms with E-state index in [9.17, 15) is 4.79 Å². The second-order valence-corrected chi connectivity index (χ2v) is 7.15. The van der Waals surface area contributed by atoms with E-state index in [1.165, 1.54) is 69.3 Å². The van der Waals surface area contributed by atoms with Gasteiger partial charge in [0, 0.05) is 19.5 Å². The second kappa shape index (κ2) is 12.6. The summed E-state index contributed by atoms with van der Waals surface area (Å²) in [5.74, 6) is 2.91. The molecular formula is C17H33NOS. The molecule has 1 aliphatic heterocycles. The van der Waals surface area contributed by atoms with Crippen molar-refractivity contribution >= 4 is 17.7 Å². The first kappa shape index (κ1) is 17.9. The first-order valence-corrected chi connectivity index (χ1v) is 9.85. The number of nitrogens with zero attached hydrogens (tertiary/aromatic N) is 1. The number of hydrogen-bond acceptors (Lipinski definition) is 2. The van der Waals surface area contributed by atoms with E-state index < -0.39 is 0 Å². The number of carbonyl (C=O) groups is 1. The molecule has 1 amide bonds. The summed E-state index contributed by atoms with van der Waals surface area (Å²) >= 11 is 2.07. The van der Waals surface area contributed by atoms with Gasteiger partial charge in [-0.3, -0.25) is 4.79 Å². The molecule has 0 spiro atoms. The molecule has 1 fully saturated rings. The summed E-state index contributed by atoms with van der Waals surface area (Å²) in [6, 6.07) is 0. The molecule has 0 aliphatic carbocycles. The van der Waals surface area contributed by atoms with Crippen LogP contribution in [-0.2, 0) is 4.79 Å². The summed E-state index contributed by atoms with van der Waals surface area (Å²) < 4.78 is 0. The molecule has 0 atom stereocenters. The highest BCUT2D eigenvalue weighted by molar-refractivity contribution is 7.99. The molecular weight excluding hydrogens is 266 g/mol. The van der Waals surface area contributed by atoms with Crippen molar-refractivity contribution < 1.29 is 4.79 Å². The van der Waals surface area contributed by atoms with Crippen LogP contribution in [0.15, 0.2) is 0 Å². The Morgan fingerprint density at radius 1 is 0.950 bits per heavy atom. The Labute approximate surface area is 130 Å². The fourth-order valence-corrected chi connectivity index (χ4v) is 3.66. The Kier molecular flexibility index (Phi) is 11.2. The van der Waals surface area contributed by atoms with Gasteiger partial charge in [-0.25, -0.2) is 0 Å². The Morgan fingerprint density at radius 3 is 2.40 bits per heavy atom. The lowest BCUT2D eigenvalue weighted by atomic mass is 10.1. The maximum absolute atomic E-state index is 11.6. The Morgan fingerprint density at radius 2 is 1.65 bits per heavy atom. The number of hydrogen-bond donors (Lipinski definition) is 0. The molecule has 0 aromatic heterocycles. The number of amides is 1. The van der Waals surface area contributed by atoms with Gasteiger partial charge in [-0.05, 0) is 37.2 Å². The molecule has 0 N–H and O–H groups in total. The number of rotatable bonds is 12. The van der Waals surface area contributed by atoms with Crippen LogP contribution in [0.1, 0.15) is 77.6 Å². The van der Waals surface area contributed by atoms with Crippen molar-refractivity contribution in [3.8, 4) is 0 Å². The first-order chi connectivity index (χ1) is 9.84. The van der Waals surface area contributed by atoms with Crippen LogP contribution in [0.5, 0.6) is 0 Å². The summed E-state index contributed by atoms with van der Waals surface area (Å²) in [4.78, 5) is 13.7. The smallest absolute Gasteiger partial charge is 0.222 e.